The number of nitro benzene ring substituents is 1. The van der Waals surface area contributed by atoms with Crippen LogP contribution in [0.2, 0.25) is 0 Å². The summed E-state index contributed by atoms with van der Waals surface area (Å²) in [6.07, 6.45) is 0. The summed E-state index contributed by atoms with van der Waals surface area (Å²) in [5, 5.41) is 17.7. The highest BCUT2D eigenvalue weighted by Crippen LogP contribution is 2.26. The van der Waals surface area contributed by atoms with Crippen molar-refractivity contribution in [1.82, 2.24) is 15.5 Å². The van der Waals surface area contributed by atoms with Crippen LogP contribution in [0.4, 0.5) is 5.69 Å². The van der Waals surface area contributed by atoms with Crippen molar-refractivity contribution in [3.63, 3.8) is 0 Å². The van der Waals surface area contributed by atoms with Crippen molar-refractivity contribution in [2.45, 2.75) is 13.5 Å². The minimum absolute atomic E-state index is 0.0340. The van der Waals surface area contributed by atoms with Gasteiger partial charge in [-0.1, -0.05) is 24.2 Å². The molecule has 0 bridgehead atoms. The zero-order chi connectivity index (χ0) is 13.0. The average Bonchev–Trinajstić information content (AvgIpc) is 2.85. The maximum Gasteiger partial charge on any atom is 0.280 e. The first-order valence-electron chi connectivity index (χ1n) is 5.49. The van der Waals surface area contributed by atoms with E-state index in [0.29, 0.717) is 18.0 Å². The van der Waals surface area contributed by atoms with Crippen LogP contribution >= 0.6 is 0 Å². The second-order valence-electron chi connectivity index (χ2n) is 3.57. The summed E-state index contributed by atoms with van der Waals surface area (Å²) >= 11 is 0. The molecule has 1 heterocycles. The largest absolute Gasteiger partial charge is 0.338 e. The minimum Gasteiger partial charge on any atom is -0.338 e. The van der Waals surface area contributed by atoms with Gasteiger partial charge >= 0.3 is 0 Å². The lowest BCUT2D eigenvalue weighted by Gasteiger charge is -1.96. The Morgan fingerprint density at radius 3 is 2.94 bits per heavy atom. The molecule has 1 N–H and O–H groups in total. The lowest BCUT2D eigenvalue weighted by molar-refractivity contribution is -0.384. The van der Waals surface area contributed by atoms with Gasteiger partial charge < -0.3 is 9.84 Å². The number of nitrogens with zero attached hydrogens (tertiary/aromatic N) is 3. The molecule has 0 atom stereocenters. The molecule has 1 aromatic heterocycles. The van der Waals surface area contributed by atoms with E-state index in [0.717, 1.165) is 6.54 Å². The molecule has 7 nitrogen and oxygen atoms in total. The maximum atomic E-state index is 10.9. The van der Waals surface area contributed by atoms with Crippen molar-refractivity contribution < 1.29 is 9.45 Å². The first-order chi connectivity index (χ1) is 8.72. The van der Waals surface area contributed by atoms with E-state index in [4.69, 9.17) is 4.52 Å². The summed E-state index contributed by atoms with van der Waals surface area (Å²) < 4.78 is 5.01. The van der Waals surface area contributed by atoms with E-state index in [1.54, 1.807) is 18.2 Å². The van der Waals surface area contributed by atoms with Crippen LogP contribution in [-0.2, 0) is 6.54 Å². The van der Waals surface area contributed by atoms with Crippen LogP contribution in [0.25, 0.3) is 11.4 Å². The molecule has 94 valence electrons. The second kappa shape index (κ2) is 5.37. The fourth-order valence-electron chi connectivity index (χ4n) is 1.49. The number of para-hydroxylation sites is 1. The summed E-state index contributed by atoms with van der Waals surface area (Å²) in [6.45, 7) is 3.19. The zero-order valence-electron chi connectivity index (χ0n) is 9.79. The first-order valence-corrected chi connectivity index (χ1v) is 5.49. The van der Waals surface area contributed by atoms with E-state index >= 15 is 0 Å². The van der Waals surface area contributed by atoms with Crippen molar-refractivity contribution in [3.8, 4) is 11.4 Å². The number of hydrogen-bond donors (Lipinski definition) is 1. The molecular weight excluding hydrogens is 236 g/mol. The molecule has 0 saturated heterocycles. The summed E-state index contributed by atoms with van der Waals surface area (Å²) in [5.74, 6) is 0.639. The molecule has 7 heteroatoms. The van der Waals surface area contributed by atoms with Gasteiger partial charge in [0.05, 0.1) is 11.5 Å². The van der Waals surface area contributed by atoms with Crippen molar-refractivity contribution in [2.24, 2.45) is 0 Å². The number of rotatable bonds is 5. The number of nitro groups is 1. The number of nitrogens with one attached hydrogen (secondary N) is 1. The smallest absolute Gasteiger partial charge is 0.280 e. The predicted molar refractivity (Wildman–Crippen MR) is 63.8 cm³/mol. The third-order valence-corrected chi connectivity index (χ3v) is 2.34. The van der Waals surface area contributed by atoms with Crippen LogP contribution in [0.15, 0.2) is 28.8 Å². The summed E-state index contributed by atoms with van der Waals surface area (Å²) in [4.78, 5) is 14.5. The Bertz CT molecular complexity index is 553. The molecule has 18 heavy (non-hydrogen) atoms. The van der Waals surface area contributed by atoms with Crippen LogP contribution < -0.4 is 5.32 Å². The standard InChI is InChI=1S/C11H12N4O3/c1-2-12-7-10-13-11(14-18-10)8-5-3-4-6-9(8)15(16)17/h3-6,12H,2,7H2,1H3. The maximum absolute atomic E-state index is 10.9. The van der Waals surface area contributed by atoms with E-state index < -0.39 is 4.92 Å². The van der Waals surface area contributed by atoms with E-state index in [-0.39, 0.29) is 11.5 Å². The lowest BCUT2D eigenvalue weighted by atomic mass is 10.2. The monoisotopic (exact) mass is 248 g/mol. The van der Waals surface area contributed by atoms with Gasteiger partial charge in [-0.05, 0) is 12.6 Å². The Morgan fingerprint density at radius 2 is 2.22 bits per heavy atom. The van der Waals surface area contributed by atoms with Gasteiger partial charge in [-0.25, -0.2) is 0 Å². The Labute approximate surface area is 103 Å². The van der Waals surface area contributed by atoms with Gasteiger partial charge in [0.15, 0.2) is 0 Å². The molecule has 0 spiro atoms. The fourth-order valence-corrected chi connectivity index (χ4v) is 1.49. The van der Waals surface area contributed by atoms with Crippen molar-refractivity contribution in [1.29, 1.82) is 0 Å². The third-order valence-electron chi connectivity index (χ3n) is 2.34. The van der Waals surface area contributed by atoms with Gasteiger partial charge in [0.25, 0.3) is 5.69 Å². The van der Waals surface area contributed by atoms with E-state index in [1.807, 2.05) is 6.92 Å². The van der Waals surface area contributed by atoms with Crippen LogP contribution in [0.5, 0.6) is 0 Å². The van der Waals surface area contributed by atoms with Crippen molar-refractivity contribution in [2.75, 3.05) is 6.54 Å². The molecule has 0 radical (unpaired) electrons. The van der Waals surface area contributed by atoms with Gasteiger partial charge in [0, 0.05) is 6.07 Å². The highest BCUT2D eigenvalue weighted by molar-refractivity contribution is 5.67. The number of hydrogen-bond acceptors (Lipinski definition) is 6. The van der Waals surface area contributed by atoms with Crippen molar-refractivity contribution >= 4 is 5.69 Å². The Hall–Kier alpha value is -2.28. The molecular formula is C11H12N4O3. The van der Waals surface area contributed by atoms with E-state index in [2.05, 4.69) is 15.5 Å². The number of aromatic nitrogens is 2. The van der Waals surface area contributed by atoms with Crippen molar-refractivity contribution in [3.05, 3.63) is 40.3 Å². The van der Waals surface area contributed by atoms with Crippen LogP contribution in [0.1, 0.15) is 12.8 Å². The Balaban J connectivity index is 2.31. The van der Waals surface area contributed by atoms with Crippen LogP contribution in [-0.4, -0.2) is 21.6 Å². The van der Waals surface area contributed by atoms with Gasteiger partial charge in [-0.3, -0.25) is 10.1 Å². The van der Waals surface area contributed by atoms with Gasteiger partial charge in [0.1, 0.15) is 5.56 Å². The lowest BCUT2D eigenvalue weighted by Crippen LogP contribution is -2.11. The molecule has 2 rings (SSSR count). The summed E-state index contributed by atoms with van der Waals surface area (Å²) in [5.41, 5.74) is 0.322. The average molecular weight is 248 g/mol. The first kappa shape index (κ1) is 12.2. The molecule has 0 aliphatic heterocycles. The highest BCUT2D eigenvalue weighted by atomic mass is 16.6. The van der Waals surface area contributed by atoms with E-state index in [1.165, 1.54) is 6.07 Å². The molecule has 0 aliphatic carbocycles. The summed E-state index contributed by atoms with van der Waals surface area (Å²) in [6, 6.07) is 6.31. The minimum atomic E-state index is -0.463. The molecule has 0 saturated carbocycles. The predicted octanol–water partition coefficient (Wildman–Crippen LogP) is 1.75. The highest BCUT2D eigenvalue weighted by Gasteiger charge is 2.18. The molecule has 0 unspecified atom stereocenters. The topological polar surface area (TPSA) is 94.1 Å². The zero-order valence-corrected chi connectivity index (χ0v) is 9.79. The molecule has 1 aromatic carbocycles. The van der Waals surface area contributed by atoms with E-state index in [9.17, 15) is 10.1 Å². The third kappa shape index (κ3) is 2.51. The SMILES string of the molecule is CCNCc1nc(-c2ccccc2[N+](=O)[O-])no1. The van der Waals surface area contributed by atoms with Crippen LogP contribution in [0, 0.1) is 10.1 Å². The van der Waals surface area contributed by atoms with Gasteiger partial charge in [-0.2, -0.15) is 4.98 Å². The Morgan fingerprint density at radius 1 is 1.44 bits per heavy atom. The molecule has 2 aromatic rings. The second-order valence-corrected chi connectivity index (χ2v) is 3.57. The normalized spacial score (nSPS) is 10.5. The molecule has 0 amide bonds. The van der Waals surface area contributed by atoms with Crippen LogP contribution in [0.3, 0.4) is 0 Å². The quantitative estimate of drug-likeness (QED) is 0.640. The van der Waals surface area contributed by atoms with Gasteiger partial charge in [0.2, 0.25) is 11.7 Å². The number of benzene rings is 1. The summed E-state index contributed by atoms with van der Waals surface area (Å²) in [7, 11) is 0. The van der Waals surface area contributed by atoms with Gasteiger partial charge in [-0.15, -0.1) is 0 Å². The fraction of sp³-hybridized carbons (Fsp3) is 0.273. The molecule has 0 aliphatic rings. The molecule has 0 fully saturated rings. The Kier molecular flexibility index (Phi) is 3.63.